The van der Waals surface area contributed by atoms with Crippen molar-refractivity contribution in [3.63, 3.8) is 0 Å². The van der Waals surface area contributed by atoms with Crippen LogP contribution < -0.4 is 10.2 Å². The van der Waals surface area contributed by atoms with Crippen LogP contribution in [-0.2, 0) is 9.59 Å². The van der Waals surface area contributed by atoms with Crippen LogP contribution in [0.25, 0.3) is 0 Å². The topological polar surface area (TPSA) is 115 Å². The van der Waals surface area contributed by atoms with Crippen molar-refractivity contribution in [2.24, 2.45) is 0 Å². The summed E-state index contributed by atoms with van der Waals surface area (Å²) < 4.78 is 14.9. The summed E-state index contributed by atoms with van der Waals surface area (Å²) in [4.78, 5) is 52.5. The van der Waals surface area contributed by atoms with Crippen LogP contribution in [-0.4, -0.2) is 57.9 Å². The fourth-order valence-electron chi connectivity index (χ4n) is 4.53. The highest BCUT2D eigenvalue weighted by molar-refractivity contribution is 6.25. The molecule has 2 N–H and O–H groups in total. The van der Waals surface area contributed by atoms with Gasteiger partial charge in [-0.3, -0.25) is 34.5 Å². The molecule has 0 spiro atoms. The maximum atomic E-state index is 14.9. The number of anilines is 1. The van der Waals surface area contributed by atoms with Gasteiger partial charge < -0.3 is 4.90 Å². The zero-order valence-corrected chi connectivity index (χ0v) is 15.9. The summed E-state index contributed by atoms with van der Waals surface area (Å²) >= 11 is 0. The van der Waals surface area contributed by atoms with Gasteiger partial charge in [0.05, 0.1) is 16.8 Å². The van der Waals surface area contributed by atoms with Gasteiger partial charge in [0.1, 0.15) is 11.9 Å². The molecule has 154 valence electrons. The SMILES string of the molecule is O=C1CCC(N2C(=O)c3ccc(F)c(N4CCC(c5ccn[nH]5)C4)c3C2=O)C(=O)N1. The largest absolute Gasteiger partial charge is 0.368 e. The standard InChI is InChI=1S/C20H18FN5O4/c21-12-2-1-11-16(17(12)25-8-6-10(9-25)13-5-7-22-24-13)20(30)26(19(11)29)14-3-4-15(27)23-18(14)28/h1-2,5,7,10,14H,3-4,6,8-9H2,(H,22,24)(H,23,27,28). The number of piperidine rings is 1. The zero-order valence-electron chi connectivity index (χ0n) is 15.9. The number of halogens is 1. The number of rotatable bonds is 3. The van der Waals surface area contributed by atoms with Crippen molar-refractivity contribution in [1.29, 1.82) is 0 Å². The molecule has 3 aliphatic heterocycles. The smallest absolute Gasteiger partial charge is 0.264 e. The summed E-state index contributed by atoms with van der Waals surface area (Å²) in [5, 5.41) is 9.03. The van der Waals surface area contributed by atoms with Crippen LogP contribution in [0.5, 0.6) is 0 Å². The third kappa shape index (κ3) is 2.71. The van der Waals surface area contributed by atoms with E-state index in [1.54, 1.807) is 11.1 Å². The van der Waals surface area contributed by atoms with Gasteiger partial charge in [-0.1, -0.05) is 0 Å². The van der Waals surface area contributed by atoms with Gasteiger partial charge in [-0.15, -0.1) is 0 Å². The van der Waals surface area contributed by atoms with E-state index in [0.29, 0.717) is 13.1 Å². The summed E-state index contributed by atoms with van der Waals surface area (Å²) in [6, 6.07) is 3.24. The zero-order chi connectivity index (χ0) is 21.0. The predicted molar refractivity (Wildman–Crippen MR) is 101 cm³/mol. The number of carbonyl (C=O) groups is 4. The maximum absolute atomic E-state index is 14.9. The fourth-order valence-corrected chi connectivity index (χ4v) is 4.53. The van der Waals surface area contributed by atoms with E-state index in [4.69, 9.17) is 0 Å². The highest BCUT2D eigenvalue weighted by Crippen LogP contribution is 2.39. The van der Waals surface area contributed by atoms with Crippen LogP contribution in [0.4, 0.5) is 10.1 Å². The first-order chi connectivity index (χ1) is 14.5. The Hall–Kier alpha value is -3.56. The Morgan fingerprint density at radius 1 is 1.07 bits per heavy atom. The van der Waals surface area contributed by atoms with Gasteiger partial charge in [0.15, 0.2) is 0 Å². The number of benzene rings is 1. The van der Waals surface area contributed by atoms with E-state index in [9.17, 15) is 23.6 Å². The van der Waals surface area contributed by atoms with Crippen molar-refractivity contribution in [2.45, 2.75) is 31.2 Å². The number of aromatic nitrogens is 2. The second kappa shape index (κ2) is 6.75. The number of H-pyrrole nitrogens is 1. The Balaban J connectivity index is 1.49. The summed E-state index contributed by atoms with van der Waals surface area (Å²) in [5.74, 6) is -2.98. The van der Waals surface area contributed by atoms with Gasteiger partial charge in [0, 0.05) is 37.3 Å². The van der Waals surface area contributed by atoms with Crippen molar-refractivity contribution in [2.75, 3.05) is 18.0 Å². The van der Waals surface area contributed by atoms with Gasteiger partial charge in [-0.05, 0) is 31.0 Å². The second-order valence-corrected chi connectivity index (χ2v) is 7.71. The third-order valence-corrected chi connectivity index (χ3v) is 6.00. The molecule has 0 bridgehead atoms. The third-order valence-electron chi connectivity index (χ3n) is 6.00. The molecule has 2 aromatic rings. The lowest BCUT2D eigenvalue weighted by Crippen LogP contribution is -2.54. The van der Waals surface area contributed by atoms with E-state index in [-0.39, 0.29) is 35.6 Å². The first kappa shape index (κ1) is 18.5. The number of aromatic amines is 1. The molecule has 3 aliphatic rings. The van der Waals surface area contributed by atoms with Crippen LogP contribution in [0.2, 0.25) is 0 Å². The van der Waals surface area contributed by atoms with E-state index in [0.717, 1.165) is 17.0 Å². The lowest BCUT2D eigenvalue weighted by molar-refractivity contribution is -0.136. The minimum Gasteiger partial charge on any atom is -0.368 e. The normalized spacial score (nSPS) is 23.9. The molecule has 10 heteroatoms. The summed E-state index contributed by atoms with van der Waals surface area (Å²) in [6.07, 6.45) is 2.48. The number of nitrogens with one attached hydrogen (secondary N) is 2. The van der Waals surface area contributed by atoms with Crippen LogP contribution in [0.3, 0.4) is 0 Å². The predicted octanol–water partition coefficient (Wildman–Crippen LogP) is 0.944. The molecule has 4 heterocycles. The van der Waals surface area contributed by atoms with E-state index in [2.05, 4.69) is 15.5 Å². The molecular weight excluding hydrogens is 393 g/mol. The van der Waals surface area contributed by atoms with Crippen LogP contribution in [0.1, 0.15) is 51.6 Å². The number of fused-ring (bicyclic) bond motifs is 1. The van der Waals surface area contributed by atoms with E-state index in [1.165, 1.54) is 12.1 Å². The highest BCUT2D eigenvalue weighted by atomic mass is 19.1. The van der Waals surface area contributed by atoms with E-state index < -0.39 is 35.5 Å². The van der Waals surface area contributed by atoms with Gasteiger partial charge in [0.2, 0.25) is 11.8 Å². The summed E-state index contributed by atoms with van der Waals surface area (Å²) in [7, 11) is 0. The first-order valence-corrected chi connectivity index (χ1v) is 9.74. The Morgan fingerprint density at radius 2 is 1.90 bits per heavy atom. The Kier molecular flexibility index (Phi) is 4.16. The first-order valence-electron chi connectivity index (χ1n) is 9.74. The molecule has 0 radical (unpaired) electrons. The summed E-state index contributed by atoms with van der Waals surface area (Å²) in [6.45, 7) is 0.979. The van der Waals surface area contributed by atoms with Crippen molar-refractivity contribution in [3.8, 4) is 0 Å². The molecule has 30 heavy (non-hydrogen) atoms. The molecule has 5 rings (SSSR count). The van der Waals surface area contributed by atoms with Gasteiger partial charge >= 0.3 is 0 Å². The van der Waals surface area contributed by atoms with Gasteiger partial charge in [0.25, 0.3) is 11.8 Å². The van der Waals surface area contributed by atoms with E-state index in [1.807, 2.05) is 6.07 Å². The van der Waals surface area contributed by atoms with Gasteiger partial charge in [-0.25, -0.2) is 4.39 Å². The summed E-state index contributed by atoms with van der Waals surface area (Å²) in [5.41, 5.74) is 1.07. The molecule has 2 atom stereocenters. The Morgan fingerprint density at radius 3 is 2.63 bits per heavy atom. The molecule has 0 aliphatic carbocycles. The van der Waals surface area contributed by atoms with Crippen LogP contribution >= 0.6 is 0 Å². The molecule has 1 aromatic heterocycles. The molecular formula is C20H18FN5O4. The van der Waals surface area contributed by atoms with Gasteiger partial charge in [-0.2, -0.15) is 5.10 Å². The number of hydrogen-bond donors (Lipinski definition) is 2. The maximum Gasteiger partial charge on any atom is 0.264 e. The molecule has 2 fully saturated rings. The van der Waals surface area contributed by atoms with E-state index >= 15 is 0 Å². The van der Waals surface area contributed by atoms with Crippen LogP contribution in [0.15, 0.2) is 24.4 Å². The number of carbonyl (C=O) groups excluding carboxylic acids is 4. The average Bonchev–Trinajstić information content (AvgIpc) is 3.44. The molecule has 2 saturated heterocycles. The quantitative estimate of drug-likeness (QED) is 0.727. The van der Waals surface area contributed by atoms with Crippen molar-refractivity contribution >= 4 is 29.3 Å². The lowest BCUT2D eigenvalue weighted by atomic mass is 10.0. The molecule has 9 nitrogen and oxygen atoms in total. The number of imide groups is 2. The molecule has 0 saturated carbocycles. The average molecular weight is 411 g/mol. The monoisotopic (exact) mass is 411 g/mol. The number of amides is 4. The van der Waals surface area contributed by atoms with Crippen molar-refractivity contribution < 1.29 is 23.6 Å². The molecule has 2 unspecified atom stereocenters. The highest BCUT2D eigenvalue weighted by Gasteiger charge is 2.47. The van der Waals surface area contributed by atoms with Crippen LogP contribution in [0, 0.1) is 5.82 Å². The van der Waals surface area contributed by atoms with Crippen molar-refractivity contribution in [3.05, 3.63) is 47.0 Å². The Labute approximate surface area is 170 Å². The van der Waals surface area contributed by atoms with Crippen molar-refractivity contribution in [1.82, 2.24) is 20.4 Å². The Bertz CT molecular complexity index is 1080. The second-order valence-electron chi connectivity index (χ2n) is 7.71. The minimum atomic E-state index is -1.08. The lowest BCUT2D eigenvalue weighted by Gasteiger charge is -2.28. The number of hydrogen-bond acceptors (Lipinski definition) is 6. The molecule has 4 amide bonds. The minimum absolute atomic E-state index is 0.0186. The number of nitrogens with zero attached hydrogens (tertiary/aromatic N) is 3. The molecule has 1 aromatic carbocycles. The fraction of sp³-hybridized carbons (Fsp3) is 0.350.